The Bertz CT molecular complexity index is 1320. The second-order valence-electron chi connectivity index (χ2n) is 9.55. The molecule has 0 bridgehead atoms. The van der Waals surface area contributed by atoms with Crippen LogP contribution in [-0.2, 0) is 10.2 Å². The Labute approximate surface area is 240 Å². The molecule has 2 N–H and O–H groups in total. The number of aliphatic imine (C=N–C) groups is 1. The van der Waals surface area contributed by atoms with Gasteiger partial charge in [0.05, 0.1) is 17.9 Å². The van der Waals surface area contributed by atoms with E-state index in [4.69, 9.17) is 0 Å². The first-order valence-electron chi connectivity index (χ1n) is 13.3. The number of amides is 1. The number of nitrogens with zero attached hydrogens (tertiary/aromatic N) is 1. The van der Waals surface area contributed by atoms with Crippen molar-refractivity contribution >= 4 is 29.2 Å². The zero-order chi connectivity index (χ0) is 30.0. The van der Waals surface area contributed by atoms with Gasteiger partial charge >= 0.3 is 0 Å². The van der Waals surface area contributed by atoms with Crippen LogP contribution in [0.2, 0.25) is 0 Å². The lowest BCUT2D eigenvalue weighted by Gasteiger charge is -2.11. The molecular weight excluding hydrogens is 494 g/mol. The summed E-state index contributed by atoms with van der Waals surface area (Å²) in [6.45, 7) is 17.5. The van der Waals surface area contributed by atoms with E-state index in [2.05, 4.69) is 78.7 Å². The van der Waals surface area contributed by atoms with Crippen LogP contribution in [0.4, 0.5) is 5.69 Å². The summed E-state index contributed by atoms with van der Waals surface area (Å²) in [4.78, 5) is 26.2. The van der Waals surface area contributed by atoms with Crippen molar-refractivity contribution in [3.8, 4) is 11.8 Å². The van der Waals surface area contributed by atoms with E-state index >= 15 is 0 Å². The van der Waals surface area contributed by atoms with Gasteiger partial charge in [0.2, 0.25) is 5.91 Å². The van der Waals surface area contributed by atoms with Crippen molar-refractivity contribution in [1.29, 1.82) is 0 Å². The number of nitrogens with one attached hydrogen (secondary N) is 2. The van der Waals surface area contributed by atoms with Crippen molar-refractivity contribution in [3.05, 3.63) is 108 Å². The fraction of sp³-hybridized carbons (Fsp3) is 0.286. The van der Waals surface area contributed by atoms with E-state index in [-0.39, 0.29) is 11.7 Å². The Morgan fingerprint density at radius 3 is 2.40 bits per heavy atom. The van der Waals surface area contributed by atoms with Gasteiger partial charge in [-0.25, -0.2) is 0 Å². The topological polar surface area (TPSA) is 70.6 Å². The third-order valence-corrected chi connectivity index (χ3v) is 6.09. The normalized spacial score (nSPS) is 13.1. The number of aryl methyl sites for hydroxylation is 1. The van der Waals surface area contributed by atoms with Crippen molar-refractivity contribution < 1.29 is 9.59 Å². The van der Waals surface area contributed by atoms with Crippen LogP contribution in [0.15, 0.2) is 91.1 Å². The molecule has 3 rings (SSSR count). The predicted molar refractivity (Wildman–Crippen MR) is 172 cm³/mol. The van der Waals surface area contributed by atoms with E-state index < -0.39 is 0 Å². The van der Waals surface area contributed by atoms with Crippen LogP contribution in [0.25, 0.3) is 6.08 Å². The maximum Gasteiger partial charge on any atom is 0.247 e. The molecule has 0 saturated heterocycles. The molecule has 2 aromatic rings. The molecule has 2 aromatic carbocycles. The minimum Gasteiger partial charge on any atom is -0.322 e. The van der Waals surface area contributed by atoms with Gasteiger partial charge in [0, 0.05) is 11.8 Å². The number of allylic oxidation sites excluding steroid dienone is 3. The average molecular weight is 538 g/mol. The van der Waals surface area contributed by atoms with Crippen molar-refractivity contribution in [2.45, 2.75) is 52.9 Å². The number of anilines is 1. The number of benzene rings is 2. The Kier molecular flexibility index (Phi) is 15.3. The fourth-order valence-corrected chi connectivity index (χ4v) is 3.41. The monoisotopic (exact) mass is 537 g/mol. The lowest BCUT2D eigenvalue weighted by Crippen LogP contribution is -2.10. The standard InChI is InChI=1S/C15H18.C11H11NO2.C9H14N2/c1-4-5-6-13-11-14(8-7-12(13)2)15(3)9-10-15;1-3-11(14)12-10-7-5-4-6-9(10)8(2)13;1-4-7-11-9(2)6-5-8-10-3/h4-8,11H,1,9-10H2,2-3H3;3-7H,1H2,2H3,(H,12,14);4,7,10H,8H2,1-3H3/b6-5-;;7-4-,11-9?. The van der Waals surface area contributed by atoms with Gasteiger partial charge in [-0.1, -0.05) is 86.6 Å². The second-order valence-corrected chi connectivity index (χ2v) is 9.55. The minimum absolute atomic E-state index is 0.0787. The molecule has 0 aliphatic heterocycles. The minimum atomic E-state index is -0.321. The SMILES string of the molecule is C/C=C\N=C(C)C#CCNC.C=C/C=C\c1cc(C2(C)CC2)ccc1C.C=CC(=O)Nc1ccccc1C(C)=O. The summed E-state index contributed by atoms with van der Waals surface area (Å²) in [6, 6.07) is 13.7. The molecule has 1 aliphatic rings. The van der Waals surface area contributed by atoms with Crippen LogP contribution in [0.1, 0.15) is 67.6 Å². The molecule has 1 fully saturated rings. The summed E-state index contributed by atoms with van der Waals surface area (Å²) in [5.41, 5.74) is 6.47. The Hall–Kier alpha value is -4.27. The summed E-state index contributed by atoms with van der Waals surface area (Å²) in [5, 5.41) is 5.50. The molecule has 0 radical (unpaired) electrons. The molecule has 0 aromatic heterocycles. The largest absolute Gasteiger partial charge is 0.322 e. The summed E-state index contributed by atoms with van der Waals surface area (Å²) < 4.78 is 0. The zero-order valence-corrected chi connectivity index (χ0v) is 24.8. The van der Waals surface area contributed by atoms with Gasteiger partial charge in [-0.3, -0.25) is 14.6 Å². The lowest BCUT2D eigenvalue weighted by molar-refractivity contribution is -0.111. The van der Waals surface area contributed by atoms with Crippen LogP contribution >= 0.6 is 0 Å². The Morgan fingerprint density at radius 1 is 1.12 bits per heavy atom. The second kappa shape index (κ2) is 18.1. The number of ketones is 1. The summed E-state index contributed by atoms with van der Waals surface area (Å²) in [7, 11) is 1.87. The summed E-state index contributed by atoms with van der Waals surface area (Å²) in [5.74, 6) is 5.42. The van der Waals surface area contributed by atoms with Crippen LogP contribution < -0.4 is 10.6 Å². The van der Waals surface area contributed by atoms with Gasteiger partial charge in [0.15, 0.2) is 5.78 Å². The number of hydrogen-bond acceptors (Lipinski definition) is 4. The Balaban J connectivity index is 0.000000305. The summed E-state index contributed by atoms with van der Waals surface area (Å²) >= 11 is 0. The molecule has 0 atom stereocenters. The van der Waals surface area contributed by atoms with Crippen LogP contribution in [0.3, 0.4) is 0 Å². The first-order valence-corrected chi connectivity index (χ1v) is 13.3. The maximum atomic E-state index is 11.2. The van der Waals surface area contributed by atoms with Crippen LogP contribution in [0, 0.1) is 18.8 Å². The predicted octanol–water partition coefficient (Wildman–Crippen LogP) is 7.46. The van der Waals surface area contributed by atoms with E-state index in [1.807, 2.05) is 39.1 Å². The number of para-hydroxylation sites is 1. The van der Waals surface area contributed by atoms with E-state index in [1.54, 1.807) is 30.5 Å². The highest BCUT2D eigenvalue weighted by Crippen LogP contribution is 2.47. The number of carbonyl (C=O) groups excluding carboxylic acids is 2. The molecule has 0 heterocycles. The van der Waals surface area contributed by atoms with Gasteiger partial charge in [-0.05, 0) is 87.9 Å². The van der Waals surface area contributed by atoms with Gasteiger partial charge in [0.1, 0.15) is 0 Å². The maximum absolute atomic E-state index is 11.2. The molecule has 5 nitrogen and oxygen atoms in total. The molecule has 210 valence electrons. The number of rotatable bonds is 8. The highest BCUT2D eigenvalue weighted by Gasteiger charge is 2.38. The first kappa shape index (κ1) is 33.8. The van der Waals surface area contributed by atoms with Gasteiger partial charge in [-0.2, -0.15) is 0 Å². The molecule has 0 spiro atoms. The zero-order valence-electron chi connectivity index (χ0n) is 24.8. The quantitative estimate of drug-likeness (QED) is 0.121. The van der Waals surface area contributed by atoms with Gasteiger partial charge in [0.25, 0.3) is 0 Å². The van der Waals surface area contributed by atoms with Gasteiger partial charge < -0.3 is 10.6 Å². The Morgan fingerprint density at radius 2 is 1.82 bits per heavy atom. The molecule has 0 unspecified atom stereocenters. The average Bonchev–Trinajstić information content (AvgIpc) is 3.70. The highest BCUT2D eigenvalue weighted by molar-refractivity contribution is 6.06. The molecular formula is C35H43N3O2. The van der Waals surface area contributed by atoms with Crippen LogP contribution in [0.5, 0.6) is 0 Å². The highest BCUT2D eigenvalue weighted by atomic mass is 16.1. The van der Waals surface area contributed by atoms with Crippen molar-refractivity contribution in [2.75, 3.05) is 18.9 Å². The van der Waals surface area contributed by atoms with Crippen molar-refractivity contribution in [3.63, 3.8) is 0 Å². The molecule has 40 heavy (non-hydrogen) atoms. The van der Waals surface area contributed by atoms with Crippen molar-refractivity contribution in [1.82, 2.24) is 5.32 Å². The molecule has 1 saturated carbocycles. The number of Topliss-reactive ketones (excluding diaryl/α,β-unsaturated/α-hetero) is 1. The first-order chi connectivity index (χ1) is 19.1. The third-order valence-electron chi connectivity index (χ3n) is 6.09. The number of carbonyl (C=O) groups is 2. The fourth-order valence-electron chi connectivity index (χ4n) is 3.41. The van der Waals surface area contributed by atoms with Gasteiger partial charge in [-0.15, -0.1) is 0 Å². The van der Waals surface area contributed by atoms with E-state index in [0.717, 1.165) is 11.8 Å². The molecule has 1 aliphatic carbocycles. The molecule has 5 heteroatoms. The third kappa shape index (κ3) is 12.5. The van der Waals surface area contributed by atoms with E-state index in [1.165, 1.54) is 36.5 Å². The van der Waals surface area contributed by atoms with Crippen molar-refractivity contribution in [2.24, 2.45) is 4.99 Å². The number of hydrogen-bond donors (Lipinski definition) is 2. The van der Waals surface area contributed by atoms with E-state index in [0.29, 0.717) is 23.2 Å². The molecule has 1 amide bonds. The lowest BCUT2D eigenvalue weighted by atomic mass is 9.94. The van der Waals surface area contributed by atoms with E-state index in [9.17, 15) is 9.59 Å². The summed E-state index contributed by atoms with van der Waals surface area (Å²) in [6.07, 6.45) is 13.4. The smallest absolute Gasteiger partial charge is 0.247 e. The van der Waals surface area contributed by atoms with Crippen LogP contribution in [-0.4, -0.2) is 31.0 Å².